The summed E-state index contributed by atoms with van der Waals surface area (Å²) in [4.78, 5) is 9.63. The predicted octanol–water partition coefficient (Wildman–Crippen LogP) is 4.19. The Morgan fingerprint density at radius 3 is 2.80 bits per heavy atom. The molecular weight excluding hydrogens is 507 g/mol. The molecular formula is C23H35IN4OS. The van der Waals surface area contributed by atoms with Crippen LogP contribution in [-0.4, -0.2) is 49.7 Å². The highest BCUT2D eigenvalue weighted by atomic mass is 127. The predicted molar refractivity (Wildman–Crippen MR) is 138 cm³/mol. The number of benzene rings is 1. The summed E-state index contributed by atoms with van der Waals surface area (Å²) in [5.74, 6) is 0.846. The summed E-state index contributed by atoms with van der Waals surface area (Å²) in [6, 6.07) is 13.5. The Morgan fingerprint density at radius 2 is 2.10 bits per heavy atom. The Bertz CT molecular complexity index is 810. The fourth-order valence-corrected chi connectivity index (χ4v) is 4.71. The third-order valence-electron chi connectivity index (χ3n) is 5.09. The van der Waals surface area contributed by atoms with Crippen molar-refractivity contribution in [2.75, 3.05) is 26.7 Å². The monoisotopic (exact) mass is 542 g/mol. The Morgan fingerprint density at radius 1 is 1.30 bits per heavy atom. The molecule has 1 aromatic heterocycles. The number of morpholine rings is 1. The third-order valence-corrected chi connectivity index (χ3v) is 6.12. The van der Waals surface area contributed by atoms with Crippen molar-refractivity contribution < 1.29 is 4.74 Å². The summed E-state index contributed by atoms with van der Waals surface area (Å²) in [5.41, 5.74) is 2.62. The van der Waals surface area contributed by atoms with Gasteiger partial charge >= 0.3 is 0 Å². The summed E-state index contributed by atoms with van der Waals surface area (Å²) in [5, 5.41) is 6.96. The van der Waals surface area contributed by atoms with E-state index in [0.29, 0.717) is 12.1 Å². The number of nitrogens with zero attached hydrogens (tertiary/aromatic N) is 2. The smallest absolute Gasteiger partial charge is 0.191 e. The second kappa shape index (κ2) is 12.6. The van der Waals surface area contributed by atoms with Crippen LogP contribution in [0.1, 0.15) is 34.7 Å². The van der Waals surface area contributed by atoms with Crippen LogP contribution in [0.2, 0.25) is 0 Å². The number of guanidine groups is 1. The number of thiophene rings is 1. The summed E-state index contributed by atoms with van der Waals surface area (Å²) in [6.45, 7) is 11.1. The van der Waals surface area contributed by atoms with E-state index in [1.54, 1.807) is 0 Å². The molecule has 0 spiro atoms. The van der Waals surface area contributed by atoms with E-state index < -0.39 is 0 Å². The van der Waals surface area contributed by atoms with Crippen molar-refractivity contribution >= 4 is 41.3 Å². The third kappa shape index (κ3) is 8.17. The number of aryl methyl sites for hydroxylation is 1. The zero-order valence-electron chi connectivity index (χ0n) is 18.5. The number of halogens is 1. The van der Waals surface area contributed by atoms with E-state index in [4.69, 9.17) is 4.74 Å². The lowest BCUT2D eigenvalue weighted by atomic mass is 10.1. The summed E-state index contributed by atoms with van der Waals surface area (Å²) in [6.07, 6.45) is 1.33. The molecule has 3 rings (SSSR count). The van der Waals surface area contributed by atoms with Crippen LogP contribution in [0.25, 0.3) is 0 Å². The first-order valence-corrected chi connectivity index (χ1v) is 11.3. The minimum Gasteiger partial charge on any atom is -0.376 e. The van der Waals surface area contributed by atoms with Crippen molar-refractivity contribution in [1.82, 2.24) is 15.5 Å². The molecule has 0 saturated carbocycles. The van der Waals surface area contributed by atoms with Crippen LogP contribution >= 0.6 is 35.3 Å². The lowest BCUT2D eigenvalue weighted by Crippen LogP contribution is -2.42. The molecule has 2 atom stereocenters. The van der Waals surface area contributed by atoms with Gasteiger partial charge < -0.3 is 15.4 Å². The van der Waals surface area contributed by atoms with Crippen LogP contribution in [0.15, 0.2) is 41.4 Å². The number of hydrogen-bond acceptors (Lipinski definition) is 4. The molecule has 5 nitrogen and oxygen atoms in total. The second-order valence-corrected chi connectivity index (χ2v) is 9.30. The van der Waals surface area contributed by atoms with Crippen molar-refractivity contribution in [3.63, 3.8) is 0 Å². The van der Waals surface area contributed by atoms with Gasteiger partial charge in [0, 0.05) is 55.4 Å². The van der Waals surface area contributed by atoms with E-state index in [1.165, 1.54) is 20.9 Å². The van der Waals surface area contributed by atoms with E-state index >= 15 is 0 Å². The van der Waals surface area contributed by atoms with Gasteiger partial charge in [0.25, 0.3) is 0 Å². The molecule has 1 saturated heterocycles. The van der Waals surface area contributed by atoms with Crippen LogP contribution in [0.3, 0.4) is 0 Å². The quantitative estimate of drug-likeness (QED) is 0.313. The molecule has 1 aliphatic heterocycles. The zero-order valence-corrected chi connectivity index (χ0v) is 21.6. The Kier molecular flexibility index (Phi) is 10.6. The van der Waals surface area contributed by atoms with Gasteiger partial charge in [-0.05, 0) is 44.0 Å². The van der Waals surface area contributed by atoms with E-state index in [0.717, 1.165) is 45.2 Å². The van der Waals surface area contributed by atoms with Crippen molar-refractivity contribution in [3.05, 3.63) is 57.3 Å². The highest BCUT2D eigenvalue weighted by Gasteiger charge is 2.16. The highest BCUT2D eigenvalue weighted by molar-refractivity contribution is 14.0. The molecule has 0 amide bonds. The molecule has 166 valence electrons. The molecule has 2 aromatic rings. The fraction of sp³-hybridized carbons (Fsp3) is 0.522. The highest BCUT2D eigenvalue weighted by Crippen LogP contribution is 2.16. The average Bonchev–Trinajstić information content (AvgIpc) is 3.10. The lowest BCUT2D eigenvalue weighted by Gasteiger charge is -2.31. The summed E-state index contributed by atoms with van der Waals surface area (Å²) < 4.78 is 5.65. The van der Waals surface area contributed by atoms with Crippen LogP contribution in [-0.2, 0) is 24.2 Å². The molecule has 2 N–H and O–H groups in total. The molecule has 7 heteroatoms. The van der Waals surface area contributed by atoms with Crippen molar-refractivity contribution in [1.29, 1.82) is 0 Å². The first-order chi connectivity index (χ1) is 14.0. The topological polar surface area (TPSA) is 48.9 Å². The number of rotatable bonds is 7. The molecule has 2 heterocycles. The summed E-state index contributed by atoms with van der Waals surface area (Å²) in [7, 11) is 1.83. The maximum atomic E-state index is 5.65. The minimum atomic E-state index is 0. The summed E-state index contributed by atoms with van der Waals surface area (Å²) >= 11 is 1.86. The van der Waals surface area contributed by atoms with Crippen LogP contribution in [0.5, 0.6) is 0 Å². The van der Waals surface area contributed by atoms with Crippen LogP contribution in [0, 0.1) is 6.92 Å². The van der Waals surface area contributed by atoms with Gasteiger partial charge in [-0.15, -0.1) is 35.3 Å². The first kappa shape index (κ1) is 25.1. The molecule has 1 fully saturated rings. The van der Waals surface area contributed by atoms with Gasteiger partial charge in [0.15, 0.2) is 5.96 Å². The largest absolute Gasteiger partial charge is 0.376 e. The average molecular weight is 543 g/mol. The lowest BCUT2D eigenvalue weighted by molar-refractivity contribution is -0.0212. The molecule has 0 radical (unpaired) electrons. The van der Waals surface area contributed by atoms with E-state index in [1.807, 2.05) is 18.4 Å². The van der Waals surface area contributed by atoms with E-state index in [-0.39, 0.29) is 24.0 Å². The number of nitrogens with one attached hydrogen (secondary N) is 2. The minimum absolute atomic E-state index is 0. The van der Waals surface area contributed by atoms with Gasteiger partial charge in [-0.25, -0.2) is 0 Å². The normalized spacial score (nSPS) is 18.5. The number of aliphatic imine (C=N–C) groups is 1. The zero-order chi connectivity index (χ0) is 20.6. The van der Waals surface area contributed by atoms with Gasteiger partial charge in [-0.2, -0.15) is 0 Å². The molecule has 1 aromatic carbocycles. The fourth-order valence-electron chi connectivity index (χ4n) is 3.69. The standard InChI is InChI=1S/C23H34N4OS.HI/c1-17(12-22-9-8-19(3)29-22)26-23(24-4)25-14-20-6-5-7-21(13-20)16-27-10-11-28-18(2)15-27;/h5-9,13,17-18H,10-12,14-16H2,1-4H3,(H2,24,25,26);1H. The molecule has 2 unspecified atom stereocenters. The second-order valence-electron chi connectivity index (χ2n) is 7.92. The molecule has 1 aliphatic rings. The van der Waals surface area contributed by atoms with Gasteiger partial charge in [0.1, 0.15) is 0 Å². The van der Waals surface area contributed by atoms with Crippen molar-refractivity contribution in [3.8, 4) is 0 Å². The first-order valence-electron chi connectivity index (χ1n) is 10.5. The van der Waals surface area contributed by atoms with Gasteiger partial charge in [0.2, 0.25) is 0 Å². The number of ether oxygens (including phenoxy) is 1. The van der Waals surface area contributed by atoms with Crippen molar-refractivity contribution in [2.24, 2.45) is 4.99 Å². The Hall–Kier alpha value is -1.16. The maximum Gasteiger partial charge on any atom is 0.191 e. The van der Waals surface area contributed by atoms with Crippen molar-refractivity contribution in [2.45, 2.75) is 52.4 Å². The van der Waals surface area contributed by atoms with Gasteiger partial charge in [-0.3, -0.25) is 9.89 Å². The number of hydrogen-bond donors (Lipinski definition) is 2. The molecule has 0 bridgehead atoms. The Labute approximate surface area is 202 Å². The molecule has 0 aliphatic carbocycles. The maximum absolute atomic E-state index is 5.65. The molecule has 30 heavy (non-hydrogen) atoms. The van der Waals surface area contributed by atoms with Crippen LogP contribution in [0.4, 0.5) is 0 Å². The van der Waals surface area contributed by atoms with Gasteiger partial charge in [0.05, 0.1) is 12.7 Å². The SMILES string of the molecule is CN=C(NCc1cccc(CN2CCOC(C)C2)c1)NC(C)Cc1ccc(C)s1.I. The van der Waals surface area contributed by atoms with E-state index in [2.05, 4.69) is 77.7 Å². The van der Waals surface area contributed by atoms with Crippen LogP contribution < -0.4 is 10.6 Å². The van der Waals surface area contributed by atoms with E-state index in [9.17, 15) is 0 Å². The van der Waals surface area contributed by atoms with Gasteiger partial charge in [-0.1, -0.05) is 24.3 Å². The Balaban J connectivity index is 0.00000320.